The average Bonchev–Trinajstić information content (AvgIpc) is 2.49. The second-order valence-electron chi connectivity index (χ2n) is 6.17. The van der Waals surface area contributed by atoms with Gasteiger partial charge in [0.2, 0.25) is 5.91 Å². The van der Waals surface area contributed by atoms with Crippen molar-refractivity contribution in [3.8, 4) is 0 Å². The molecule has 5 nitrogen and oxygen atoms in total. The molecule has 0 unspecified atom stereocenters. The molecular weight excluding hydrogens is 391 g/mol. The van der Waals surface area contributed by atoms with Gasteiger partial charge in [-0.2, -0.15) is 0 Å². The Labute approximate surface area is 152 Å². The van der Waals surface area contributed by atoms with E-state index in [0.29, 0.717) is 19.0 Å². The van der Waals surface area contributed by atoms with Crippen LogP contribution in [0.3, 0.4) is 0 Å². The van der Waals surface area contributed by atoms with Gasteiger partial charge < -0.3 is 16.0 Å². The molecule has 0 aliphatic heterocycles. The first kappa shape index (κ1) is 21.5. The zero-order valence-corrected chi connectivity index (χ0v) is 16.6. The largest absolute Gasteiger partial charge is 0.357 e. The second-order valence-corrected chi connectivity index (χ2v) is 6.17. The first-order chi connectivity index (χ1) is 10.1. The lowest BCUT2D eigenvalue weighted by Gasteiger charge is -2.21. The summed E-state index contributed by atoms with van der Waals surface area (Å²) in [5, 5.41) is 9.50. The number of aliphatic imine (C=N–C) groups is 1. The van der Waals surface area contributed by atoms with Gasteiger partial charge in [-0.1, -0.05) is 33.1 Å². The van der Waals surface area contributed by atoms with E-state index in [9.17, 15) is 4.79 Å². The molecule has 0 aromatic rings. The van der Waals surface area contributed by atoms with Crippen LogP contribution in [0.4, 0.5) is 0 Å². The van der Waals surface area contributed by atoms with Gasteiger partial charge in [0, 0.05) is 32.1 Å². The number of halogens is 1. The van der Waals surface area contributed by atoms with E-state index in [4.69, 9.17) is 0 Å². The van der Waals surface area contributed by atoms with Crippen LogP contribution < -0.4 is 16.0 Å². The van der Waals surface area contributed by atoms with E-state index in [1.165, 1.54) is 19.3 Å². The van der Waals surface area contributed by atoms with Crippen LogP contribution in [0.25, 0.3) is 0 Å². The molecular formula is C16H33IN4O. The molecule has 1 rings (SSSR count). The summed E-state index contributed by atoms with van der Waals surface area (Å²) in [6, 6.07) is 0. The van der Waals surface area contributed by atoms with Crippen LogP contribution in [-0.4, -0.2) is 38.0 Å². The first-order valence-electron chi connectivity index (χ1n) is 8.43. The number of nitrogens with one attached hydrogen (secondary N) is 3. The summed E-state index contributed by atoms with van der Waals surface area (Å²) >= 11 is 0. The van der Waals surface area contributed by atoms with E-state index in [-0.39, 0.29) is 35.8 Å². The van der Waals surface area contributed by atoms with E-state index < -0.39 is 0 Å². The number of guanidine groups is 1. The van der Waals surface area contributed by atoms with Gasteiger partial charge >= 0.3 is 0 Å². The molecule has 0 spiro atoms. The number of nitrogens with zero attached hydrogens (tertiary/aromatic N) is 1. The Bertz CT molecular complexity index is 328. The fraction of sp³-hybridized carbons (Fsp3) is 0.875. The van der Waals surface area contributed by atoms with Crippen molar-refractivity contribution in [2.75, 3.05) is 26.2 Å². The van der Waals surface area contributed by atoms with Crippen molar-refractivity contribution < 1.29 is 4.79 Å². The Hall–Kier alpha value is -0.530. The second kappa shape index (κ2) is 13.0. The van der Waals surface area contributed by atoms with Crippen molar-refractivity contribution >= 4 is 35.8 Å². The SMILES string of the molecule is CCNC(=NCC(C)C)NCCNC(=O)C1CCCCC1.I. The molecule has 1 aliphatic rings. The van der Waals surface area contributed by atoms with Crippen LogP contribution >= 0.6 is 24.0 Å². The van der Waals surface area contributed by atoms with E-state index >= 15 is 0 Å². The minimum Gasteiger partial charge on any atom is -0.357 e. The third-order valence-electron chi connectivity index (χ3n) is 3.65. The number of rotatable bonds is 7. The summed E-state index contributed by atoms with van der Waals surface area (Å²) in [5.41, 5.74) is 0. The Kier molecular flexibility index (Phi) is 12.6. The fourth-order valence-corrected chi connectivity index (χ4v) is 2.49. The maximum absolute atomic E-state index is 12.0. The number of carbonyl (C=O) groups excluding carboxylic acids is 1. The molecule has 6 heteroatoms. The molecule has 0 saturated heterocycles. The van der Waals surface area contributed by atoms with Crippen molar-refractivity contribution in [3.63, 3.8) is 0 Å². The number of carbonyl (C=O) groups is 1. The highest BCUT2D eigenvalue weighted by Gasteiger charge is 2.20. The molecule has 0 aromatic carbocycles. The monoisotopic (exact) mass is 424 g/mol. The van der Waals surface area contributed by atoms with Crippen LogP contribution in [0.15, 0.2) is 4.99 Å². The lowest BCUT2D eigenvalue weighted by Crippen LogP contribution is -2.42. The Morgan fingerprint density at radius 1 is 1.09 bits per heavy atom. The summed E-state index contributed by atoms with van der Waals surface area (Å²) in [4.78, 5) is 16.5. The first-order valence-corrected chi connectivity index (χ1v) is 8.43. The van der Waals surface area contributed by atoms with Crippen LogP contribution in [0.2, 0.25) is 0 Å². The normalized spacial score (nSPS) is 16.1. The molecule has 1 saturated carbocycles. The van der Waals surface area contributed by atoms with Crippen molar-refractivity contribution in [1.82, 2.24) is 16.0 Å². The van der Waals surface area contributed by atoms with E-state index in [1.54, 1.807) is 0 Å². The maximum atomic E-state index is 12.0. The van der Waals surface area contributed by atoms with Gasteiger partial charge in [-0.3, -0.25) is 9.79 Å². The fourth-order valence-electron chi connectivity index (χ4n) is 2.49. The molecule has 1 amide bonds. The molecule has 0 heterocycles. The average molecular weight is 424 g/mol. The zero-order chi connectivity index (χ0) is 15.5. The maximum Gasteiger partial charge on any atom is 0.223 e. The topological polar surface area (TPSA) is 65.5 Å². The van der Waals surface area contributed by atoms with Gasteiger partial charge in [-0.15, -0.1) is 24.0 Å². The van der Waals surface area contributed by atoms with Crippen molar-refractivity contribution in [2.45, 2.75) is 52.9 Å². The molecule has 0 bridgehead atoms. The number of hydrogen-bond acceptors (Lipinski definition) is 2. The van der Waals surface area contributed by atoms with Crippen LogP contribution in [0.5, 0.6) is 0 Å². The van der Waals surface area contributed by atoms with E-state index in [1.807, 2.05) is 0 Å². The minimum absolute atomic E-state index is 0. The molecule has 0 aromatic heterocycles. The van der Waals surface area contributed by atoms with Crippen molar-refractivity contribution in [1.29, 1.82) is 0 Å². The Morgan fingerprint density at radius 3 is 2.32 bits per heavy atom. The molecule has 0 atom stereocenters. The third kappa shape index (κ3) is 9.48. The van der Waals surface area contributed by atoms with Crippen molar-refractivity contribution in [2.24, 2.45) is 16.8 Å². The highest BCUT2D eigenvalue weighted by molar-refractivity contribution is 14.0. The highest BCUT2D eigenvalue weighted by Crippen LogP contribution is 2.23. The molecule has 1 aliphatic carbocycles. The number of amides is 1. The standard InChI is InChI=1S/C16H32N4O.HI/c1-4-17-16(20-12-13(2)3)19-11-10-18-15(21)14-8-6-5-7-9-14;/h13-14H,4-12H2,1-3H3,(H,18,21)(H2,17,19,20);1H. The van der Waals surface area contributed by atoms with Gasteiger partial charge in [0.1, 0.15) is 0 Å². The van der Waals surface area contributed by atoms with Crippen LogP contribution in [0.1, 0.15) is 52.9 Å². The van der Waals surface area contributed by atoms with Gasteiger partial charge in [-0.25, -0.2) is 0 Å². The van der Waals surface area contributed by atoms with Crippen LogP contribution in [-0.2, 0) is 4.79 Å². The summed E-state index contributed by atoms with van der Waals surface area (Å²) in [5.74, 6) is 1.84. The predicted molar refractivity (Wildman–Crippen MR) is 104 cm³/mol. The Balaban J connectivity index is 0.00000441. The van der Waals surface area contributed by atoms with Gasteiger partial charge in [0.05, 0.1) is 0 Å². The van der Waals surface area contributed by atoms with Gasteiger partial charge in [0.25, 0.3) is 0 Å². The van der Waals surface area contributed by atoms with Crippen molar-refractivity contribution in [3.05, 3.63) is 0 Å². The van der Waals surface area contributed by atoms with Gasteiger partial charge in [0.15, 0.2) is 5.96 Å². The summed E-state index contributed by atoms with van der Waals surface area (Å²) < 4.78 is 0. The number of hydrogen-bond donors (Lipinski definition) is 3. The highest BCUT2D eigenvalue weighted by atomic mass is 127. The molecule has 3 N–H and O–H groups in total. The van der Waals surface area contributed by atoms with Gasteiger partial charge in [-0.05, 0) is 25.7 Å². The third-order valence-corrected chi connectivity index (χ3v) is 3.65. The predicted octanol–water partition coefficient (Wildman–Crippen LogP) is 2.51. The summed E-state index contributed by atoms with van der Waals surface area (Å²) in [7, 11) is 0. The minimum atomic E-state index is 0. The van der Waals surface area contributed by atoms with E-state index in [2.05, 4.69) is 41.7 Å². The smallest absolute Gasteiger partial charge is 0.223 e. The summed E-state index contributed by atoms with van der Waals surface area (Å²) in [6.45, 7) is 9.37. The Morgan fingerprint density at radius 2 is 1.73 bits per heavy atom. The molecule has 130 valence electrons. The lowest BCUT2D eigenvalue weighted by molar-refractivity contribution is -0.125. The van der Waals surface area contributed by atoms with E-state index in [0.717, 1.165) is 31.9 Å². The molecule has 0 radical (unpaired) electrons. The zero-order valence-electron chi connectivity index (χ0n) is 14.3. The van der Waals surface area contributed by atoms with Crippen LogP contribution in [0, 0.1) is 11.8 Å². The quantitative estimate of drug-likeness (QED) is 0.255. The summed E-state index contributed by atoms with van der Waals surface area (Å²) in [6.07, 6.45) is 5.78. The lowest BCUT2D eigenvalue weighted by atomic mass is 9.89. The molecule has 22 heavy (non-hydrogen) atoms. The molecule has 1 fully saturated rings.